The zero-order chi connectivity index (χ0) is 17.6. The molecular formula is C19H20N2O4. The molecule has 0 unspecified atom stereocenters. The Hall–Kier alpha value is -2.86. The first-order valence-electron chi connectivity index (χ1n) is 8.07. The van der Waals surface area contributed by atoms with Gasteiger partial charge in [-0.15, -0.1) is 0 Å². The van der Waals surface area contributed by atoms with Crippen molar-refractivity contribution in [2.45, 2.75) is 6.42 Å². The number of rotatable bonds is 6. The van der Waals surface area contributed by atoms with Gasteiger partial charge < -0.3 is 19.7 Å². The quantitative estimate of drug-likeness (QED) is 0.819. The third-order valence-electron chi connectivity index (χ3n) is 3.98. The number of anilines is 3. The molecule has 0 aliphatic carbocycles. The van der Waals surface area contributed by atoms with Crippen molar-refractivity contribution in [3.8, 4) is 0 Å². The number of nitrogens with zero attached hydrogens (tertiary/aromatic N) is 1. The molecule has 0 bridgehead atoms. The van der Waals surface area contributed by atoms with Crippen molar-refractivity contribution in [2.75, 3.05) is 37.1 Å². The smallest absolute Gasteiger partial charge is 0.332 e. The molecule has 0 aromatic heterocycles. The summed E-state index contributed by atoms with van der Waals surface area (Å²) in [6.07, 6.45) is 1.03. The average Bonchev–Trinajstić information content (AvgIpc) is 3.05. The number of hydrogen-bond donors (Lipinski definition) is 1. The fourth-order valence-electron chi connectivity index (χ4n) is 2.83. The molecular weight excluding hydrogens is 320 g/mol. The molecule has 3 rings (SSSR count). The maximum Gasteiger partial charge on any atom is 0.332 e. The topological polar surface area (TPSA) is 67.9 Å². The summed E-state index contributed by atoms with van der Waals surface area (Å²) in [6.45, 7) is 0.448. The summed E-state index contributed by atoms with van der Waals surface area (Å²) in [7, 11) is 1.39. The standard InChI is InChI=1S/C19H20N2O4/c1-24-13-19(23)25-12-18(22)20-15-6-8-16(9-7-15)21-11-10-14-4-2-3-5-17(14)21/h2-9H,10-13H2,1H3,(H,20,22). The van der Waals surface area contributed by atoms with E-state index in [1.165, 1.54) is 18.4 Å². The van der Waals surface area contributed by atoms with E-state index in [1.54, 1.807) is 0 Å². The second-order valence-corrected chi connectivity index (χ2v) is 5.72. The SMILES string of the molecule is COCC(=O)OCC(=O)Nc1ccc(N2CCc3ccccc32)cc1. The minimum absolute atomic E-state index is 0.167. The summed E-state index contributed by atoms with van der Waals surface area (Å²) in [5.41, 5.74) is 4.31. The van der Waals surface area contributed by atoms with E-state index in [2.05, 4.69) is 33.2 Å². The molecule has 25 heavy (non-hydrogen) atoms. The van der Waals surface area contributed by atoms with Gasteiger partial charge in [0, 0.05) is 30.7 Å². The highest BCUT2D eigenvalue weighted by molar-refractivity contribution is 5.93. The number of esters is 1. The number of benzene rings is 2. The van der Waals surface area contributed by atoms with Gasteiger partial charge in [0.25, 0.3) is 5.91 Å². The number of amides is 1. The van der Waals surface area contributed by atoms with Crippen LogP contribution in [-0.2, 0) is 25.5 Å². The Labute approximate surface area is 146 Å². The lowest BCUT2D eigenvalue weighted by Crippen LogP contribution is -2.22. The van der Waals surface area contributed by atoms with Gasteiger partial charge in [-0.1, -0.05) is 18.2 Å². The van der Waals surface area contributed by atoms with Crippen LogP contribution in [0.3, 0.4) is 0 Å². The van der Waals surface area contributed by atoms with Gasteiger partial charge in [-0.2, -0.15) is 0 Å². The largest absolute Gasteiger partial charge is 0.454 e. The van der Waals surface area contributed by atoms with Crippen LogP contribution in [0, 0.1) is 0 Å². The predicted octanol–water partition coefficient (Wildman–Crippen LogP) is 2.51. The number of nitrogens with one attached hydrogen (secondary N) is 1. The van der Waals surface area contributed by atoms with Gasteiger partial charge in [0.1, 0.15) is 6.61 Å². The lowest BCUT2D eigenvalue weighted by atomic mass is 10.2. The van der Waals surface area contributed by atoms with Crippen molar-refractivity contribution in [2.24, 2.45) is 0 Å². The average molecular weight is 340 g/mol. The molecule has 1 amide bonds. The molecule has 0 fully saturated rings. The van der Waals surface area contributed by atoms with E-state index in [-0.39, 0.29) is 19.1 Å². The molecule has 1 N–H and O–H groups in total. The van der Waals surface area contributed by atoms with Crippen LogP contribution in [0.4, 0.5) is 17.1 Å². The van der Waals surface area contributed by atoms with E-state index in [9.17, 15) is 9.59 Å². The number of fused-ring (bicyclic) bond motifs is 1. The maximum absolute atomic E-state index is 11.8. The number of ether oxygens (including phenoxy) is 2. The van der Waals surface area contributed by atoms with E-state index >= 15 is 0 Å². The van der Waals surface area contributed by atoms with Crippen LogP contribution in [0.15, 0.2) is 48.5 Å². The second kappa shape index (κ2) is 7.81. The molecule has 0 saturated heterocycles. The molecule has 0 radical (unpaired) electrons. The van der Waals surface area contributed by atoms with Gasteiger partial charge >= 0.3 is 5.97 Å². The number of para-hydroxylation sites is 1. The Morgan fingerprint density at radius 2 is 1.84 bits per heavy atom. The Kier molecular flexibility index (Phi) is 5.30. The fraction of sp³-hybridized carbons (Fsp3) is 0.263. The lowest BCUT2D eigenvalue weighted by molar-refractivity contribution is -0.150. The molecule has 1 aliphatic heterocycles. The minimum Gasteiger partial charge on any atom is -0.454 e. The van der Waals surface area contributed by atoms with Crippen LogP contribution in [0.1, 0.15) is 5.56 Å². The normalized spacial score (nSPS) is 12.6. The van der Waals surface area contributed by atoms with Gasteiger partial charge in [-0.3, -0.25) is 4.79 Å². The van der Waals surface area contributed by atoms with Crippen molar-refractivity contribution in [1.29, 1.82) is 0 Å². The molecule has 0 atom stereocenters. The third-order valence-corrected chi connectivity index (χ3v) is 3.98. The van der Waals surface area contributed by atoms with E-state index < -0.39 is 5.97 Å². The van der Waals surface area contributed by atoms with Gasteiger partial charge in [-0.25, -0.2) is 4.79 Å². The van der Waals surface area contributed by atoms with E-state index in [1.807, 2.05) is 30.3 Å². The van der Waals surface area contributed by atoms with Crippen molar-refractivity contribution in [3.63, 3.8) is 0 Å². The highest BCUT2D eigenvalue weighted by Crippen LogP contribution is 2.34. The number of carbonyl (C=O) groups excluding carboxylic acids is 2. The molecule has 1 aliphatic rings. The number of methoxy groups -OCH3 is 1. The van der Waals surface area contributed by atoms with Crippen LogP contribution in [0.5, 0.6) is 0 Å². The highest BCUT2D eigenvalue weighted by atomic mass is 16.6. The maximum atomic E-state index is 11.8. The molecule has 6 heteroatoms. The van der Waals surface area contributed by atoms with Gasteiger partial charge in [-0.05, 0) is 42.3 Å². The van der Waals surface area contributed by atoms with Crippen molar-refractivity contribution in [1.82, 2.24) is 0 Å². The van der Waals surface area contributed by atoms with Gasteiger partial charge in [0.05, 0.1) is 0 Å². The second-order valence-electron chi connectivity index (χ2n) is 5.72. The fourth-order valence-corrected chi connectivity index (χ4v) is 2.83. The molecule has 0 spiro atoms. The zero-order valence-corrected chi connectivity index (χ0v) is 14.0. The Bertz CT molecular complexity index is 758. The summed E-state index contributed by atoms with van der Waals surface area (Å²) < 4.78 is 9.41. The Morgan fingerprint density at radius 3 is 2.60 bits per heavy atom. The van der Waals surface area contributed by atoms with E-state index in [0.717, 1.165) is 18.7 Å². The summed E-state index contributed by atoms with van der Waals surface area (Å²) in [6, 6.07) is 16.0. The highest BCUT2D eigenvalue weighted by Gasteiger charge is 2.19. The summed E-state index contributed by atoms with van der Waals surface area (Å²) in [5, 5.41) is 2.70. The van der Waals surface area contributed by atoms with Crippen LogP contribution in [0.2, 0.25) is 0 Å². The van der Waals surface area contributed by atoms with Gasteiger partial charge in [0.15, 0.2) is 6.61 Å². The number of carbonyl (C=O) groups is 2. The Morgan fingerprint density at radius 1 is 1.08 bits per heavy atom. The summed E-state index contributed by atoms with van der Waals surface area (Å²) in [5.74, 6) is -0.954. The molecule has 1 heterocycles. The predicted molar refractivity (Wildman–Crippen MR) is 95.1 cm³/mol. The van der Waals surface area contributed by atoms with Crippen LogP contribution in [-0.4, -0.2) is 38.7 Å². The van der Waals surface area contributed by atoms with Crippen LogP contribution < -0.4 is 10.2 Å². The number of hydrogen-bond acceptors (Lipinski definition) is 5. The van der Waals surface area contributed by atoms with Gasteiger partial charge in [0.2, 0.25) is 0 Å². The first-order valence-corrected chi connectivity index (χ1v) is 8.07. The monoisotopic (exact) mass is 340 g/mol. The minimum atomic E-state index is -0.569. The molecule has 130 valence electrons. The Balaban J connectivity index is 1.58. The first-order chi connectivity index (χ1) is 12.2. The van der Waals surface area contributed by atoms with Crippen molar-refractivity contribution < 1.29 is 19.1 Å². The molecule has 6 nitrogen and oxygen atoms in total. The van der Waals surface area contributed by atoms with E-state index in [4.69, 9.17) is 4.74 Å². The van der Waals surface area contributed by atoms with Crippen LogP contribution >= 0.6 is 0 Å². The van der Waals surface area contributed by atoms with Crippen LogP contribution in [0.25, 0.3) is 0 Å². The molecule has 0 saturated carbocycles. The first kappa shape index (κ1) is 17.0. The van der Waals surface area contributed by atoms with Crippen molar-refractivity contribution >= 4 is 28.9 Å². The molecule has 2 aromatic rings. The molecule has 2 aromatic carbocycles. The summed E-state index contributed by atoms with van der Waals surface area (Å²) >= 11 is 0. The zero-order valence-electron chi connectivity index (χ0n) is 14.0. The lowest BCUT2D eigenvalue weighted by Gasteiger charge is -2.20. The van der Waals surface area contributed by atoms with Crippen molar-refractivity contribution in [3.05, 3.63) is 54.1 Å². The third kappa shape index (κ3) is 4.16. The summed E-state index contributed by atoms with van der Waals surface area (Å²) in [4.78, 5) is 25.2. The van der Waals surface area contributed by atoms with E-state index in [0.29, 0.717) is 5.69 Å².